The third-order valence-corrected chi connectivity index (χ3v) is 4.85. The van der Waals surface area contributed by atoms with E-state index < -0.39 is 0 Å². The van der Waals surface area contributed by atoms with Gasteiger partial charge in [0.2, 0.25) is 5.91 Å². The molecule has 2 aromatic heterocycles. The molecule has 3 aromatic rings. The zero-order chi connectivity index (χ0) is 19.3. The van der Waals surface area contributed by atoms with Crippen LogP contribution in [-0.2, 0) is 4.79 Å². The first-order valence-electron chi connectivity index (χ1n) is 9.24. The van der Waals surface area contributed by atoms with Crippen LogP contribution in [-0.4, -0.2) is 34.2 Å². The van der Waals surface area contributed by atoms with E-state index in [2.05, 4.69) is 25.4 Å². The Balaban J connectivity index is 1.42. The molecule has 1 aliphatic rings. The van der Waals surface area contributed by atoms with Gasteiger partial charge >= 0.3 is 0 Å². The van der Waals surface area contributed by atoms with Crippen molar-refractivity contribution in [3.05, 3.63) is 66.7 Å². The fraction of sp³-hybridized carbons (Fsp3) is 0.238. The largest absolute Gasteiger partial charge is 0.354 e. The van der Waals surface area contributed by atoms with Crippen molar-refractivity contribution >= 4 is 17.4 Å². The van der Waals surface area contributed by atoms with Crippen molar-refractivity contribution in [2.45, 2.75) is 12.8 Å². The van der Waals surface area contributed by atoms with Crippen molar-refractivity contribution in [2.24, 2.45) is 5.92 Å². The van der Waals surface area contributed by atoms with Crippen molar-refractivity contribution < 1.29 is 9.18 Å². The van der Waals surface area contributed by atoms with Gasteiger partial charge in [-0.25, -0.2) is 4.39 Å². The van der Waals surface area contributed by atoms with E-state index in [9.17, 15) is 9.18 Å². The zero-order valence-electron chi connectivity index (χ0n) is 15.3. The SMILES string of the molecule is O=C(Nc1ccc(F)cc1)C1CCCN(c2ccc(-c3ccncc3)nn2)C1. The third-order valence-electron chi connectivity index (χ3n) is 4.85. The number of carbonyl (C=O) groups is 1. The number of carbonyl (C=O) groups excluding carboxylic acids is 1. The maximum atomic E-state index is 13.0. The number of rotatable bonds is 4. The molecule has 1 aromatic carbocycles. The Morgan fingerprint density at radius 1 is 1.04 bits per heavy atom. The first-order chi connectivity index (χ1) is 13.7. The van der Waals surface area contributed by atoms with Gasteiger partial charge in [-0.05, 0) is 61.4 Å². The molecule has 1 fully saturated rings. The molecule has 1 aliphatic heterocycles. The van der Waals surface area contributed by atoms with Gasteiger partial charge in [-0.15, -0.1) is 10.2 Å². The summed E-state index contributed by atoms with van der Waals surface area (Å²) in [6.07, 6.45) is 5.15. The molecule has 0 radical (unpaired) electrons. The Labute approximate surface area is 162 Å². The number of nitrogens with one attached hydrogen (secondary N) is 1. The normalized spacial score (nSPS) is 16.6. The summed E-state index contributed by atoms with van der Waals surface area (Å²) in [5, 5.41) is 11.5. The van der Waals surface area contributed by atoms with Crippen molar-refractivity contribution in [1.82, 2.24) is 15.2 Å². The quantitative estimate of drug-likeness (QED) is 0.753. The Kier molecular flexibility index (Phi) is 5.23. The van der Waals surface area contributed by atoms with Gasteiger partial charge in [0.25, 0.3) is 0 Å². The van der Waals surface area contributed by atoms with E-state index >= 15 is 0 Å². The lowest BCUT2D eigenvalue weighted by Gasteiger charge is -2.32. The highest BCUT2D eigenvalue weighted by atomic mass is 19.1. The van der Waals surface area contributed by atoms with Crippen molar-refractivity contribution in [3.63, 3.8) is 0 Å². The summed E-state index contributed by atoms with van der Waals surface area (Å²) in [7, 11) is 0. The van der Waals surface area contributed by atoms with Crippen molar-refractivity contribution in [3.8, 4) is 11.3 Å². The summed E-state index contributed by atoms with van der Waals surface area (Å²) < 4.78 is 13.0. The molecular weight excluding hydrogens is 357 g/mol. The van der Waals surface area contributed by atoms with E-state index in [1.807, 2.05) is 24.3 Å². The Morgan fingerprint density at radius 3 is 2.54 bits per heavy atom. The van der Waals surface area contributed by atoms with E-state index in [-0.39, 0.29) is 17.6 Å². The number of nitrogens with zero attached hydrogens (tertiary/aromatic N) is 4. The molecule has 7 heteroatoms. The number of pyridine rings is 1. The van der Waals surface area contributed by atoms with E-state index in [1.165, 1.54) is 12.1 Å². The van der Waals surface area contributed by atoms with E-state index in [0.29, 0.717) is 12.2 Å². The maximum Gasteiger partial charge on any atom is 0.229 e. The van der Waals surface area contributed by atoms with Gasteiger partial charge in [0.1, 0.15) is 5.82 Å². The molecule has 4 rings (SSSR count). The Morgan fingerprint density at radius 2 is 1.82 bits per heavy atom. The van der Waals surface area contributed by atoms with Crippen LogP contribution in [0.5, 0.6) is 0 Å². The molecule has 1 N–H and O–H groups in total. The van der Waals surface area contributed by atoms with Crippen LogP contribution < -0.4 is 10.2 Å². The van der Waals surface area contributed by atoms with Crippen LogP contribution in [0.15, 0.2) is 60.9 Å². The molecular formula is C21H20FN5O. The Hall–Kier alpha value is -3.35. The summed E-state index contributed by atoms with van der Waals surface area (Å²) >= 11 is 0. The lowest BCUT2D eigenvalue weighted by atomic mass is 9.97. The highest BCUT2D eigenvalue weighted by Gasteiger charge is 2.26. The molecule has 0 spiro atoms. The minimum absolute atomic E-state index is 0.0577. The molecule has 3 heterocycles. The lowest BCUT2D eigenvalue weighted by Crippen LogP contribution is -2.41. The third kappa shape index (κ3) is 4.14. The van der Waals surface area contributed by atoms with Crippen LogP contribution in [0.2, 0.25) is 0 Å². The van der Waals surface area contributed by atoms with Gasteiger partial charge in [0.15, 0.2) is 5.82 Å². The summed E-state index contributed by atoms with van der Waals surface area (Å²) in [6, 6.07) is 13.4. The summed E-state index contributed by atoms with van der Waals surface area (Å²) in [6.45, 7) is 1.42. The van der Waals surface area contributed by atoms with Crippen molar-refractivity contribution in [1.29, 1.82) is 0 Å². The number of amides is 1. The van der Waals surface area contributed by atoms with Crippen LogP contribution >= 0.6 is 0 Å². The minimum Gasteiger partial charge on any atom is -0.354 e. The average molecular weight is 377 g/mol. The predicted octanol–water partition coefficient (Wildman–Crippen LogP) is 3.53. The maximum absolute atomic E-state index is 13.0. The van der Waals surface area contributed by atoms with E-state index in [0.717, 1.165) is 36.5 Å². The van der Waals surface area contributed by atoms with Gasteiger partial charge in [-0.3, -0.25) is 9.78 Å². The van der Waals surface area contributed by atoms with Gasteiger partial charge in [0, 0.05) is 36.7 Å². The molecule has 1 atom stereocenters. The van der Waals surface area contributed by atoms with Crippen LogP contribution in [0.1, 0.15) is 12.8 Å². The van der Waals surface area contributed by atoms with Crippen LogP contribution in [0.3, 0.4) is 0 Å². The molecule has 0 saturated carbocycles. The second kappa shape index (κ2) is 8.12. The van der Waals surface area contributed by atoms with Gasteiger partial charge in [0.05, 0.1) is 11.6 Å². The standard InChI is InChI=1S/C21H20FN5O/c22-17-3-5-18(6-4-17)24-21(28)16-2-1-13-27(14-16)20-8-7-19(25-26-20)15-9-11-23-12-10-15/h3-12,16H,1-2,13-14H2,(H,24,28). The van der Waals surface area contributed by atoms with Crippen LogP contribution in [0.4, 0.5) is 15.9 Å². The highest BCUT2D eigenvalue weighted by Crippen LogP contribution is 2.24. The smallest absolute Gasteiger partial charge is 0.229 e. The summed E-state index contributed by atoms with van der Waals surface area (Å²) in [5.41, 5.74) is 2.35. The molecule has 1 unspecified atom stereocenters. The van der Waals surface area contributed by atoms with Crippen LogP contribution in [0.25, 0.3) is 11.3 Å². The second-order valence-electron chi connectivity index (χ2n) is 6.79. The number of hydrogen-bond acceptors (Lipinski definition) is 5. The highest BCUT2D eigenvalue weighted by molar-refractivity contribution is 5.93. The Bertz CT molecular complexity index is 931. The number of aromatic nitrogens is 3. The number of anilines is 2. The number of piperidine rings is 1. The van der Waals surface area contributed by atoms with Crippen LogP contribution in [0, 0.1) is 11.7 Å². The lowest BCUT2D eigenvalue weighted by molar-refractivity contribution is -0.120. The average Bonchev–Trinajstić information content (AvgIpc) is 2.76. The molecule has 1 saturated heterocycles. The first-order valence-corrected chi connectivity index (χ1v) is 9.24. The zero-order valence-corrected chi connectivity index (χ0v) is 15.3. The van der Waals surface area contributed by atoms with E-state index in [4.69, 9.17) is 0 Å². The van der Waals surface area contributed by atoms with Crippen molar-refractivity contribution in [2.75, 3.05) is 23.3 Å². The molecule has 0 bridgehead atoms. The second-order valence-corrected chi connectivity index (χ2v) is 6.79. The minimum atomic E-state index is -0.323. The summed E-state index contributed by atoms with van der Waals surface area (Å²) in [5.74, 6) is 0.228. The fourth-order valence-corrected chi connectivity index (χ4v) is 3.35. The molecule has 142 valence electrons. The predicted molar refractivity (Wildman–Crippen MR) is 105 cm³/mol. The summed E-state index contributed by atoms with van der Waals surface area (Å²) in [4.78, 5) is 18.7. The van der Waals surface area contributed by atoms with Gasteiger partial charge < -0.3 is 10.2 Å². The van der Waals surface area contributed by atoms with E-state index in [1.54, 1.807) is 24.5 Å². The number of benzene rings is 1. The molecule has 1 amide bonds. The molecule has 28 heavy (non-hydrogen) atoms. The molecule has 0 aliphatic carbocycles. The first kappa shape index (κ1) is 18.0. The monoisotopic (exact) mass is 377 g/mol. The fourth-order valence-electron chi connectivity index (χ4n) is 3.35. The molecule has 6 nitrogen and oxygen atoms in total. The van der Waals surface area contributed by atoms with Gasteiger partial charge in [-0.1, -0.05) is 0 Å². The number of hydrogen-bond donors (Lipinski definition) is 1. The van der Waals surface area contributed by atoms with Gasteiger partial charge in [-0.2, -0.15) is 0 Å². The topological polar surface area (TPSA) is 71.0 Å². The number of halogens is 1.